The third-order valence-corrected chi connectivity index (χ3v) is 5.71. The molecular formula is C17H29IN4O2S. The third kappa shape index (κ3) is 7.10. The number of nitrogens with one attached hydrogen (secondary N) is 2. The number of hydrogen-bond acceptors (Lipinski definition) is 3. The van der Waals surface area contributed by atoms with Crippen molar-refractivity contribution in [2.24, 2.45) is 4.99 Å². The quantitative estimate of drug-likeness (QED) is 0.271. The van der Waals surface area contributed by atoms with Crippen molar-refractivity contribution in [1.82, 2.24) is 14.9 Å². The zero-order valence-corrected chi connectivity index (χ0v) is 18.1. The molecule has 1 fully saturated rings. The molecule has 0 aromatic heterocycles. The van der Waals surface area contributed by atoms with E-state index in [0.717, 1.165) is 31.9 Å². The molecule has 0 radical (unpaired) electrons. The molecule has 2 N–H and O–H groups in total. The lowest BCUT2D eigenvalue weighted by Gasteiger charge is -2.22. The van der Waals surface area contributed by atoms with Crippen LogP contribution in [0.2, 0.25) is 0 Å². The highest BCUT2D eigenvalue weighted by atomic mass is 127. The van der Waals surface area contributed by atoms with Gasteiger partial charge in [0.15, 0.2) is 5.96 Å². The molecule has 1 aliphatic rings. The molecular weight excluding hydrogens is 451 g/mol. The topological polar surface area (TPSA) is 73.8 Å². The van der Waals surface area contributed by atoms with Crippen LogP contribution in [0.3, 0.4) is 0 Å². The molecule has 0 amide bonds. The maximum Gasteiger partial charge on any atom is 0.211 e. The summed E-state index contributed by atoms with van der Waals surface area (Å²) in [7, 11) is -1.31. The fourth-order valence-electron chi connectivity index (χ4n) is 2.90. The van der Waals surface area contributed by atoms with Crippen LogP contribution in [0, 0.1) is 0 Å². The van der Waals surface area contributed by atoms with Gasteiger partial charge in [-0.1, -0.05) is 30.3 Å². The second-order valence-electron chi connectivity index (χ2n) is 5.97. The summed E-state index contributed by atoms with van der Waals surface area (Å²) in [5.74, 6) is 1.56. The van der Waals surface area contributed by atoms with Gasteiger partial charge in [-0.2, -0.15) is 0 Å². The minimum atomic E-state index is -3.10. The second-order valence-corrected chi connectivity index (χ2v) is 8.06. The van der Waals surface area contributed by atoms with Gasteiger partial charge in [0.1, 0.15) is 0 Å². The maximum atomic E-state index is 11.4. The molecule has 6 nitrogen and oxygen atoms in total. The molecule has 25 heavy (non-hydrogen) atoms. The number of rotatable bonds is 7. The van der Waals surface area contributed by atoms with Crippen LogP contribution in [0.4, 0.5) is 0 Å². The van der Waals surface area contributed by atoms with Gasteiger partial charge in [-0.25, -0.2) is 13.1 Å². The summed E-state index contributed by atoms with van der Waals surface area (Å²) in [5.41, 5.74) is 1.38. The molecule has 0 saturated carbocycles. The van der Waals surface area contributed by atoms with Crippen LogP contribution in [-0.4, -0.2) is 58.3 Å². The Balaban J connectivity index is 0.00000312. The van der Waals surface area contributed by atoms with Crippen molar-refractivity contribution in [2.45, 2.75) is 25.7 Å². The van der Waals surface area contributed by atoms with Crippen LogP contribution in [0.5, 0.6) is 0 Å². The van der Waals surface area contributed by atoms with Crippen molar-refractivity contribution in [3.8, 4) is 0 Å². The second kappa shape index (κ2) is 11.0. The third-order valence-electron chi connectivity index (χ3n) is 4.31. The minimum absolute atomic E-state index is 0. The number of guanidine groups is 1. The van der Waals surface area contributed by atoms with Crippen molar-refractivity contribution in [2.75, 3.05) is 39.0 Å². The number of likely N-dealkylation sites (tertiary alicyclic amines) is 1. The molecule has 1 aromatic carbocycles. The first-order valence-corrected chi connectivity index (χ1v) is 10.2. The molecule has 1 atom stereocenters. The van der Waals surface area contributed by atoms with Crippen molar-refractivity contribution in [3.63, 3.8) is 0 Å². The highest BCUT2D eigenvalue weighted by Gasteiger charge is 2.25. The summed E-state index contributed by atoms with van der Waals surface area (Å²) in [4.78, 5) is 6.63. The van der Waals surface area contributed by atoms with Gasteiger partial charge in [0, 0.05) is 39.1 Å². The fraction of sp³-hybridized carbons (Fsp3) is 0.588. The summed E-state index contributed by atoms with van der Waals surface area (Å²) in [6, 6.07) is 10.6. The van der Waals surface area contributed by atoms with Gasteiger partial charge >= 0.3 is 0 Å². The molecule has 142 valence electrons. The predicted molar refractivity (Wildman–Crippen MR) is 114 cm³/mol. The molecule has 1 aliphatic heterocycles. The lowest BCUT2D eigenvalue weighted by Crippen LogP contribution is -2.41. The molecule has 2 rings (SSSR count). The molecule has 1 aromatic rings. The zero-order chi connectivity index (χ0) is 17.4. The number of nitrogens with zero attached hydrogens (tertiary/aromatic N) is 2. The van der Waals surface area contributed by atoms with Crippen molar-refractivity contribution in [1.29, 1.82) is 0 Å². The Kier molecular flexibility index (Phi) is 9.73. The summed E-state index contributed by atoms with van der Waals surface area (Å²) in [6.45, 7) is 4.74. The Labute approximate surface area is 168 Å². The number of benzene rings is 1. The molecule has 0 bridgehead atoms. The van der Waals surface area contributed by atoms with Gasteiger partial charge in [0.25, 0.3) is 0 Å². The SMILES string of the molecule is CCS(=O)(=O)NCCCNC(=NC)N1CCC(c2ccccc2)C1.I. The van der Waals surface area contributed by atoms with Crippen LogP contribution in [0.25, 0.3) is 0 Å². The average Bonchev–Trinajstić information content (AvgIpc) is 3.09. The Morgan fingerprint density at radius 1 is 1.28 bits per heavy atom. The Morgan fingerprint density at radius 2 is 2.00 bits per heavy atom. The summed E-state index contributed by atoms with van der Waals surface area (Å²) in [6.07, 6.45) is 1.86. The predicted octanol–water partition coefficient (Wildman–Crippen LogP) is 2.00. The number of hydrogen-bond donors (Lipinski definition) is 2. The molecule has 1 saturated heterocycles. The lowest BCUT2D eigenvalue weighted by atomic mass is 9.99. The Morgan fingerprint density at radius 3 is 2.64 bits per heavy atom. The highest BCUT2D eigenvalue weighted by molar-refractivity contribution is 14.0. The van der Waals surface area contributed by atoms with Crippen LogP contribution < -0.4 is 10.0 Å². The summed E-state index contributed by atoms with van der Waals surface area (Å²) < 4.78 is 25.3. The van der Waals surface area contributed by atoms with Crippen LogP contribution in [-0.2, 0) is 10.0 Å². The van der Waals surface area contributed by atoms with E-state index in [1.54, 1.807) is 14.0 Å². The van der Waals surface area contributed by atoms with E-state index in [9.17, 15) is 8.42 Å². The number of sulfonamides is 1. The maximum absolute atomic E-state index is 11.4. The van der Waals surface area contributed by atoms with E-state index in [0.29, 0.717) is 19.0 Å². The lowest BCUT2D eigenvalue weighted by molar-refractivity contribution is 0.484. The Hall–Kier alpha value is -0.870. The van der Waals surface area contributed by atoms with E-state index in [4.69, 9.17) is 0 Å². The van der Waals surface area contributed by atoms with E-state index in [1.165, 1.54) is 5.56 Å². The first-order valence-electron chi connectivity index (χ1n) is 8.53. The van der Waals surface area contributed by atoms with Crippen molar-refractivity contribution in [3.05, 3.63) is 35.9 Å². The highest BCUT2D eigenvalue weighted by Crippen LogP contribution is 2.26. The van der Waals surface area contributed by atoms with E-state index in [1.807, 2.05) is 6.07 Å². The van der Waals surface area contributed by atoms with Gasteiger partial charge in [-0.05, 0) is 25.3 Å². The first kappa shape index (κ1) is 22.2. The molecule has 8 heteroatoms. The largest absolute Gasteiger partial charge is 0.356 e. The van der Waals surface area contributed by atoms with E-state index in [-0.39, 0.29) is 29.7 Å². The first-order chi connectivity index (χ1) is 11.6. The van der Waals surface area contributed by atoms with Crippen molar-refractivity contribution >= 4 is 40.0 Å². The van der Waals surface area contributed by atoms with Crippen LogP contribution in [0.1, 0.15) is 31.2 Å². The van der Waals surface area contributed by atoms with Gasteiger partial charge in [-0.15, -0.1) is 24.0 Å². The van der Waals surface area contributed by atoms with Gasteiger partial charge in [0.05, 0.1) is 5.75 Å². The van der Waals surface area contributed by atoms with Crippen LogP contribution in [0.15, 0.2) is 35.3 Å². The molecule has 0 aliphatic carbocycles. The summed E-state index contributed by atoms with van der Waals surface area (Å²) >= 11 is 0. The van der Waals surface area contributed by atoms with E-state index >= 15 is 0 Å². The molecule has 1 unspecified atom stereocenters. The van der Waals surface area contributed by atoms with Gasteiger partial charge in [0.2, 0.25) is 10.0 Å². The zero-order valence-electron chi connectivity index (χ0n) is 14.9. The number of halogens is 1. The monoisotopic (exact) mass is 480 g/mol. The molecule has 1 heterocycles. The van der Waals surface area contributed by atoms with Gasteiger partial charge < -0.3 is 10.2 Å². The van der Waals surface area contributed by atoms with Gasteiger partial charge in [-0.3, -0.25) is 4.99 Å². The fourth-order valence-corrected chi connectivity index (χ4v) is 3.56. The van der Waals surface area contributed by atoms with E-state index < -0.39 is 10.0 Å². The Bertz CT molecular complexity index is 637. The normalized spacial score (nSPS) is 18.1. The number of aliphatic imine (C=N–C) groups is 1. The smallest absolute Gasteiger partial charge is 0.211 e. The standard InChI is InChI=1S/C17H28N4O2S.HI/c1-3-24(22,23)20-12-7-11-19-17(18-2)21-13-10-16(14-21)15-8-5-4-6-9-15;/h4-6,8-9,16,20H,3,7,10-14H2,1-2H3,(H,18,19);1H. The molecule has 0 spiro atoms. The van der Waals surface area contributed by atoms with Crippen LogP contribution >= 0.6 is 24.0 Å². The average molecular weight is 480 g/mol. The van der Waals surface area contributed by atoms with Crippen molar-refractivity contribution < 1.29 is 8.42 Å². The summed E-state index contributed by atoms with van der Waals surface area (Å²) in [5, 5.41) is 3.33. The van der Waals surface area contributed by atoms with E-state index in [2.05, 4.69) is 44.2 Å². The minimum Gasteiger partial charge on any atom is -0.356 e.